The molecular formula is C14H17N3OS. The summed E-state index contributed by atoms with van der Waals surface area (Å²) >= 11 is 1.41. The van der Waals surface area contributed by atoms with E-state index in [0.717, 1.165) is 27.5 Å². The van der Waals surface area contributed by atoms with Crippen molar-refractivity contribution in [1.82, 2.24) is 4.98 Å². The van der Waals surface area contributed by atoms with E-state index in [9.17, 15) is 4.79 Å². The lowest BCUT2D eigenvalue weighted by Gasteiger charge is -2.12. The van der Waals surface area contributed by atoms with Crippen molar-refractivity contribution in [3.63, 3.8) is 0 Å². The van der Waals surface area contributed by atoms with Gasteiger partial charge in [0.25, 0.3) is 5.91 Å². The predicted octanol–water partition coefficient (Wildman–Crippen LogP) is 3.21. The fourth-order valence-corrected chi connectivity index (χ4v) is 2.92. The average molecular weight is 275 g/mol. The zero-order valence-electron chi connectivity index (χ0n) is 11.5. The van der Waals surface area contributed by atoms with Crippen LogP contribution >= 0.6 is 11.3 Å². The minimum absolute atomic E-state index is 0.112. The number of carbonyl (C=O) groups is 1. The number of rotatable bonds is 2. The van der Waals surface area contributed by atoms with Gasteiger partial charge in [0, 0.05) is 11.4 Å². The summed E-state index contributed by atoms with van der Waals surface area (Å²) in [4.78, 5) is 17.2. The van der Waals surface area contributed by atoms with E-state index in [0.29, 0.717) is 10.6 Å². The minimum Gasteiger partial charge on any atom is -0.399 e. The van der Waals surface area contributed by atoms with E-state index >= 15 is 0 Å². The molecule has 4 nitrogen and oxygen atoms in total. The van der Waals surface area contributed by atoms with Crippen LogP contribution in [0.3, 0.4) is 0 Å². The molecule has 1 amide bonds. The standard InChI is InChI=1S/C14H17N3OS/c1-7-5-11(15)6-8(2)12(7)17-14(18)13-9(3)16-10(4)19-13/h5-6H,15H2,1-4H3,(H,17,18). The third-order valence-corrected chi connectivity index (χ3v) is 3.97. The number of aromatic nitrogens is 1. The Bertz CT molecular complexity index is 623. The average Bonchev–Trinajstić information content (AvgIpc) is 2.62. The summed E-state index contributed by atoms with van der Waals surface area (Å²) in [5, 5.41) is 3.85. The second kappa shape index (κ2) is 5.01. The van der Waals surface area contributed by atoms with Gasteiger partial charge >= 0.3 is 0 Å². The summed E-state index contributed by atoms with van der Waals surface area (Å²) in [6.45, 7) is 7.61. The number of nitrogen functional groups attached to an aromatic ring is 1. The molecule has 0 radical (unpaired) electrons. The van der Waals surface area contributed by atoms with Crippen molar-refractivity contribution in [1.29, 1.82) is 0 Å². The number of hydrogen-bond donors (Lipinski definition) is 2. The van der Waals surface area contributed by atoms with Crippen LogP contribution in [-0.2, 0) is 0 Å². The Labute approximate surface area is 116 Å². The van der Waals surface area contributed by atoms with Crippen molar-refractivity contribution in [3.8, 4) is 0 Å². The molecule has 0 spiro atoms. The van der Waals surface area contributed by atoms with Gasteiger partial charge in [0.15, 0.2) is 0 Å². The lowest BCUT2D eigenvalue weighted by Crippen LogP contribution is -2.13. The summed E-state index contributed by atoms with van der Waals surface area (Å²) in [6, 6.07) is 3.71. The number of amides is 1. The van der Waals surface area contributed by atoms with Gasteiger partial charge in [-0.3, -0.25) is 4.79 Å². The van der Waals surface area contributed by atoms with Crippen molar-refractivity contribution >= 4 is 28.6 Å². The van der Waals surface area contributed by atoms with E-state index in [1.807, 2.05) is 39.8 Å². The van der Waals surface area contributed by atoms with E-state index in [2.05, 4.69) is 10.3 Å². The highest BCUT2D eigenvalue weighted by atomic mass is 32.1. The van der Waals surface area contributed by atoms with Gasteiger partial charge in [-0.2, -0.15) is 0 Å². The van der Waals surface area contributed by atoms with E-state index < -0.39 is 0 Å². The number of hydrogen-bond acceptors (Lipinski definition) is 4. The van der Waals surface area contributed by atoms with Crippen molar-refractivity contribution in [3.05, 3.63) is 38.8 Å². The number of nitrogens with zero attached hydrogens (tertiary/aromatic N) is 1. The van der Waals surface area contributed by atoms with E-state index in [-0.39, 0.29) is 5.91 Å². The molecule has 0 aliphatic rings. The molecule has 0 saturated heterocycles. The smallest absolute Gasteiger partial charge is 0.267 e. The molecule has 100 valence electrons. The first-order valence-corrected chi connectivity index (χ1v) is 6.82. The Balaban J connectivity index is 2.32. The lowest BCUT2D eigenvalue weighted by molar-refractivity contribution is 0.102. The molecule has 1 heterocycles. The largest absolute Gasteiger partial charge is 0.399 e. The van der Waals surface area contributed by atoms with Crippen molar-refractivity contribution < 1.29 is 4.79 Å². The van der Waals surface area contributed by atoms with Gasteiger partial charge in [-0.1, -0.05) is 0 Å². The van der Waals surface area contributed by atoms with Crippen LogP contribution in [0.25, 0.3) is 0 Å². The number of thiazole rings is 1. The van der Waals surface area contributed by atoms with Crippen LogP contribution in [0.15, 0.2) is 12.1 Å². The van der Waals surface area contributed by atoms with Gasteiger partial charge in [-0.25, -0.2) is 4.98 Å². The molecule has 3 N–H and O–H groups in total. The Hall–Kier alpha value is -1.88. The maximum Gasteiger partial charge on any atom is 0.267 e. The van der Waals surface area contributed by atoms with Crippen LogP contribution in [0.4, 0.5) is 11.4 Å². The van der Waals surface area contributed by atoms with Crippen LogP contribution in [0.5, 0.6) is 0 Å². The quantitative estimate of drug-likeness (QED) is 0.827. The van der Waals surface area contributed by atoms with Gasteiger partial charge in [-0.15, -0.1) is 11.3 Å². The van der Waals surface area contributed by atoms with Crippen LogP contribution in [0, 0.1) is 27.7 Å². The van der Waals surface area contributed by atoms with Crippen LogP contribution in [0.2, 0.25) is 0 Å². The predicted molar refractivity (Wildman–Crippen MR) is 79.9 cm³/mol. The number of benzene rings is 1. The molecule has 5 heteroatoms. The zero-order chi connectivity index (χ0) is 14.2. The molecule has 0 saturated carbocycles. The van der Waals surface area contributed by atoms with Gasteiger partial charge < -0.3 is 11.1 Å². The van der Waals surface area contributed by atoms with E-state index in [4.69, 9.17) is 5.73 Å². The number of anilines is 2. The minimum atomic E-state index is -0.112. The summed E-state index contributed by atoms with van der Waals surface area (Å²) < 4.78 is 0. The molecule has 2 rings (SSSR count). The number of nitrogens with one attached hydrogen (secondary N) is 1. The van der Waals surface area contributed by atoms with Gasteiger partial charge in [0.05, 0.1) is 10.7 Å². The molecular weight excluding hydrogens is 258 g/mol. The van der Waals surface area contributed by atoms with Gasteiger partial charge in [0.1, 0.15) is 4.88 Å². The normalized spacial score (nSPS) is 10.5. The van der Waals surface area contributed by atoms with Crippen LogP contribution in [-0.4, -0.2) is 10.9 Å². The van der Waals surface area contributed by atoms with E-state index in [1.165, 1.54) is 11.3 Å². The first kappa shape index (κ1) is 13.5. The summed E-state index contributed by atoms with van der Waals surface area (Å²) in [6.07, 6.45) is 0. The molecule has 0 fully saturated rings. The second-order valence-corrected chi connectivity index (χ2v) is 5.83. The Kier molecular flexibility index (Phi) is 3.57. The maximum atomic E-state index is 12.3. The van der Waals surface area contributed by atoms with Crippen molar-refractivity contribution in [2.75, 3.05) is 11.1 Å². The van der Waals surface area contributed by atoms with Crippen molar-refractivity contribution in [2.24, 2.45) is 0 Å². The third kappa shape index (κ3) is 2.76. The molecule has 0 atom stereocenters. The first-order chi connectivity index (χ1) is 8.88. The first-order valence-electron chi connectivity index (χ1n) is 6.00. The Morgan fingerprint density at radius 3 is 2.26 bits per heavy atom. The highest BCUT2D eigenvalue weighted by Crippen LogP contribution is 2.25. The molecule has 0 aliphatic heterocycles. The van der Waals surface area contributed by atoms with Gasteiger partial charge in [0.2, 0.25) is 0 Å². The number of aryl methyl sites for hydroxylation is 4. The molecule has 19 heavy (non-hydrogen) atoms. The Morgan fingerprint density at radius 2 is 1.79 bits per heavy atom. The molecule has 0 unspecified atom stereocenters. The van der Waals surface area contributed by atoms with Gasteiger partial charge in [-0.05, 0) is 51.0 Å². The zero-order valence-corrected chi connectivity index (χ0v) is 12.3. The highest BCUT2D eigenvalue weighted by Gasteiger charge is 2.15. The summed E-state index contributed by atoms with van der Waals surface area (Å²) in [5.74, 6) is -0.112. The van der Waals surface area contributed by atoms with Crippen LogP contribution < -0.4 is 11.1 Å². The SMILES string of the molecule is Cc1nc(C)c(C(=O)Nc2c(C)cc(N)cc2C)s1. The number of nitrogens with two attached hydrogens (primary N) is 1. The number of carbonyl (C=O) groups excluding carboxylic acids is 1. The maximum absolute atomic E-state index is 12.3. The highest BCUT2D eigenvalue weighted by molar-refractivity contribution is 7.13. The second-order valence-electron chi connectivity index (χ2n) is 4.63. The molecule has 1 aromatic heterocycles. The summed E-state index contributed by atoms with van der Waals surface area (Å²) in [7, 11) is 0. The fraction of sp³-hybridized carbons (Fsp3) is 0.286. The molecule has 0 aliphatic carbocycles. The van der Waals surface area contributed by atoms with Crippen molar-refractivity contribution in [2.45, 2.75) is 27.7 Å². The topological polar surface area (TPSA) is 68.0 Å². The fourth-order valence-electron chi connectivity index (χ4n) is 2.11. The molecule has 1 aromatic carbocycles. The monoisotopic (exact) mass is 275 g/mol. The molecule has 2 aromatic rings. The van der Waals surface area contributed by atoms with Crippen LogP contribution in [0.1, 0.15) is 31.5 Å². The lowest BCUT2D eigenvalue weighted by atomic mass is 10.1. The van der Waals surface area contributed by atoms with E-state index in [1.54, 1.807) is 0 Å². The summed E-state index contributed by atoms with van der Waals surface area (Å²) in [5.41, 5.74) is 10.0. The third-order valence-electron chi connectivity index (χ3n) is 2.90. The molecule has 0 bridgehead atoms. The Morgan fingerprint density at radius 1 is 1.21 bits per heavy atom.